The quantitative estimate of drug-likeness (QED) is 0.154. The van der Waals surface area contributed by atoms with Crippen LogP contribution in [0, 0.1) is 35.5 Å². The molecule has 4 unspecified atom stereocenters. The Kier molecular flexibility index (Phi) is 18.3. The molecule has 0 bridgehead atoms. The Hall–Kier alpha value is -1.06. The van der Waals surface area contributed by atoms with Crippen LogP contribution in [-0.4, -0.2) is 25.2 Å². The van der Waals surface area contributed by atoms with E-state index < -0.39 is 0 Å². The molecule has 0 spiro atoms. The number of rotatable bonds is 20. The summed E-state index contributed by atoms with van der Waals surface area (Å²) in [6.07, 6.45) is 17.7. The predicted octanol–water partition coefficient (Wildman–Crippen LogP) is 9.14. The minimum atomic E-state index is -0.0627. The van der Waals surface area contributed by atoms with E-state index in [2.05, 4.69) is 41.5 Å². The molecule has 0 N–H and O–H groups in total. The first-order valence-corrected chi connectivity index (χ1v) is 15.6. The van der Waals surface area contributed by atoms with Gasteiger partial charge >= 0.3 is 11.9 Å². The second-order valence-corrected chi connectivity index (χ2v) is 12.3. The summed E-state index contributed by atoms with van der Waals surface area (Å²) < 4.78 is 11.2. The van der Waals surface area contributed by atoms with Crippen molar-refractivity contribution in [3.05, 3.63) is 0 Å². The third kappa shape index (κ3) is 15.3. The number of carbonyl (C=O) groups is 2. The number of unbranched alkanes of at least 4 members (excludes halogenated alkanes) is 2. The van der Waals surface area contributed by atoms with Gasteiger partial charge in [-0.05, 0) is 62.2 Å². The lowest BCUT2D eigenvalue weighted by atomic mass is 9.82. The van der Waals surface area contributed by atoms with Crippen molar-refractivity contribution in [2.24, 2.45) is 35.5 Å². The van der Waals surface area contributed by atoms with Gasteiger partial charge in [-0.1, -0.05) is 106 Å². The average Bonchev–Trinajstić information content (AvgIpc) is 2.88. The van der Waals surface area contributed by atoms with Gasteiger partial charge in [0.1, 0.15) is 0 Å². The Bertz CT molecular complexity index is 517. The van der Waals surface area contributed by atoms with E-state index in [1.807, 2.05) is 0 Å². The van der Waals surface area contributed by atoms with Gasteiger partial charge in [0.2, 0.25) is 0 Å². The summed E-state index contributed by atoms with van der Waals surface area (Å²) in [7, 11) is 0. The molecule has 1 fully saturated rings. The zero-order valence-electron chi connectivity index (χ0n) is 24.8. The molecule has 0 aromatic carbocycles. The van der Waals surface area contributed by atoms with E-state index in [1.54, 1.807) is 0 Å². The van der Waals surface area contributed by atoms with Gasteiger partial charge in [0.15, 0.2) is 0 Å². The highest BCUT2D eigenvalue weighted by Gasteiger charge is 2.31. The molecule has 0 aliphatic heterocycles. The average molecular weight is 509 g/mol. The molecule has 4 nitrogen and oxygen atoms in total. The standard InChI is InChI=1S/C32H60O4/c1-7-9-11-25(3)13-15-27(5)21-23-35-31(33)29-17-19-30(20-18-29)32(34)36-24-22-28(6)16-14-26(4)12-10-8-2/h25-30H,7-24H2,1-6H3. The lowest BCUT2D eigenvalue weighted by Gasteiger charge is -2.26. The van der Waals surface area contributed by atoms with Crippen LogP contribution >= 0.6 is 0 Å². The summed E-state index contributed by atoms with van der Waals surface area (Å²) in [6.45, 7) is 14.8. The topological polar surface area (TPSA) is 52.6 Å². The summed E-state index contributed by atoms with van der Waals surface area (Å²) in [5, 5.41) is 0. The van der Waals surface area contributed by atoms with Gasteiger partial charge < -0.3 is 9.47 Å². The largest absolute Gasteiger partial charge is 0.465 e. The van der Waals surface area contributed by atoms with Crippen LogP contribution in [0.2, 0.25) is 0 Å². The van der Waals surface area contributed by atoms with E-state index in [-0.39, 0.29) is 23.8 Å². The van der Waals surface area contributed by atoms with Crippen LogP contribution < -0.4 is 0 Å². The Morgan fingerprint density at radius 3 is 1.17 bits per heavy atom. The molecule has 1 aliphatic carbocycles. The third-order valence-corrected chi connectivity index (χ3v) is 8.51. The Morgan fingerprint density at radius 2 is 0.861 bits per heavy atom. The molecule has 0 heterocycles. The summed E-state index contributed by atoms with van der Waals surface area (Å²) >= 11 is 0. The first kappa shape index (κ1) is 33.0. The lowest BCUT2D eigenvalue weighted by Crippen LogP contribution is -2.28. The van der Waals surface area contributed by atoms with Crippen molar-refractivity contribution in [1.29, 1.82) is 0 Å². The summed E-state index contributed by atoms with van der Waals surface area (Å²) in [5.41, 5.74) is 0. The monoisotopic (exact) mass is 508 g/mol. The van der Waals surface area contributed by atoms with E-state index in [0.717, 1.165) is 50.4 Å². The van der Waals surface area contributed by atoms with Gasteiger partial charge in [-0.25, -0.2) is 0 Å². The maximum atomic E-state index is 12.5. The number of esters is 2. The summed E-state index contributed by atoms with van der Waals surface area (Å²) in [5.74, 6) is 2.56. The van der Waals surface area contributed by atoms with Gasteiger partial charge in [0.25, 0.3) is 0 Å². The number of carbonyl (C=O) groups excluding carboxylic acids is 2. The highest BCUT2D eigenvalue weighted by molar-refractivity contribution is 5.75. The second kappa shape index (κ2) is 20.0. The zero-order valence-corrected chi connectivity index (χ0v) is 24.8. The first-order chi connectivity index (χ1) is 17.3. The fourth-order valence-electron chi connectivity index (χ4n) is 5.34. The fraction of sp³-hybridized carbons (Fsp3) is 0.938. The molecule has 212 valence electrons. The first-order valence-electron chi connectivity index (χ1n) is 15.6. The number of hydrogen-bond acceptors (Lipinski definition) is 4. The summed E-state index contributed by atoms with van der Waals surface area (Å²) in [6, 6.07) is 0. The number of hydrogen-bond donors (Lipinski definition) is 0. The van der Waals surface area contributed by atoms with Crippen molar-refractivity contribution in [2.45, 2.75) is 144 Å². The van der Waals surface area contributed by atoms with Crippen molar-refractivity contribution in [3.8, 4) is 0 Å². The lowest BCUT2D eigenvalue weighted by molar-refractivity contribution is -0.155. The molecule has 1 saturated carbocycles. The van der Waals surface area contributed by atoms with Crippen LogP contribution in [0.5, 0.6) is 0 Å². The normalized spacial score (nSPS) is 21.4. The van der Waals surface area contributed by atoms with Gasteiger partial charge in [0.05, 0.1) is 25.0 Å². The SMILES string of the molecule is CCCCC(C)CCC(C)CCOC(=O)C1CCC(C(=O)OCCC(C)CCC(C)CCCC)CC1. The highest BCUT2D eigenvalue weighted by Crippen LogP contribution is 2.31. The molecule has 4 atom stereocenters. The smallest absolute Gasteiger partial charge is 0.308 e. The van der Waals surface area contributed by atoms with Gasteiger partial charge in [0, 0.05) is 0 Å². The van der Waals surface area contributed by atoms with Gasteiger partial charge in [-0.3, -0.25) is 9.59 Å². The Balaban J connectivity index is 2.13. The van der Waals surface area contributed by atoms with Crippen LogP contribution in [0.1, 0.15) is 144 Å². The maximum Gasteiger partial charge on any atom is 0.308 e. The van der Waals surface area contributed by atoms with Crippen LogP contribution in [0.3, 0.4) is 0 Å². The van der Waals surface area contributed by atoms with Crippen LogP contribution in [0.25, 0.3) is 0 Å². The highest BCUT2D eigenvalue weighted by atomic mass is 16.5. The molecule has 0 aromatic rings. The van der Waals surface area contributed by atoms with Crippen molar-refractivity contribution in [1.82, 2.24) is 0 Å². The minimum absolute atomic E-state index is 0.0480. The summed E-state index contributed by atoms with van der Waals surface area (Å²) in [4.78, 5) is 25.0. The van der Waals surface area contributed by atoms with E-state index in [9.17, 15) is 9.59 Å². The molecular weight excluding hydrogens is 448 g/mol. The van der Waals surface area contributed by atoms with Crippen LogP contribution in [0.15, 0.2) is 0 Å². The minimum Gasteiger partial charge on any atom is -0.465 e. The van der Waals surface area contributed by atoms with E-state index in [0.29, 0.717) is 25.0 Å². The van der Waals surface area contributed by atoms with Gasteiger partial charge in [-0.2, -0.15) is 0 Å². The molecule has 1 rings (SSSR count). The van der Waals surface area contributed by atoms with E-state index in [4.69, 9.17) is 9.47 Å². The Morgan fingerprint density at radius 1 is 0.556 bits per heavy atom. The fourth-order valence-corrected chi connectivity index (χ4v) is 5.34. The van der Waals surface area contributed by atoms with E-state index >= 15 is 0 Å². The molecule has 36 heavy (non-hydrogen) atoms. The molecule has 0 aromatic heterocycles. The van der Waals surface area contributed by atoms with Gasteiger partial charge in [-0.15, -0.1) is 0 Å². The zero-order chi connectivity index (χ0) is 26.8. The van der Waals surface area contributed by atoms with Crippen molar-refractivity contribution in [3.63, 3.8) is 0 Å². The third-order valence-electron chi connectivity index (χ3n) is 8.51. The second-order valence-electron chi connectivity index (χ2n) is 12.3. The van der Waals surface area contributed by atoms with Crippen LogP contribution in [0.4, 0.5) is 0 Å². The molecular formula is C32H60O4. The molecule has 0 amide bonds. The van der Waals surface area contributed by atoms with Crippen molar-refractivity contribution < 1.29 is 19.1 Å². The molecule has 0 radical (unpaired) electrons. The number of ether oxygens (including phenoxy) is 2. The molecule has 4 heteroatoms. The van der Waals surface area contributed by atoms with Crippen LogP contribution in [-0.2, 0) is 19.1 Å². The van der Waals surface area contributed by atoms with Crippen molar-refractivity contribution in [2.75, 3.05) is 13.2 Å². The maximum absolute atomic E-state index is 12.5. The van der Waals surface area contributed by atoms with E-state index in [1.165, 1.54) is 64.2 Å². The molecule has 0 saturated heterocycles. The molecule has 1 aliphatic rings. The Labute approximate surface area is 224 Å². The van der Waals surface area contributed by atoms with Crippen molar-refractivity contribution >= 4 is 11.9 Å². The predicted molar refractivity (Wildman–Crippen MR) is 151 cm³/mol.